The van der Waals surface area contributed by atoms with Crippen molar-refractivity contribution in [2.24, 2.45) is 0 Å². The lowest BCUT2D eigenvalue weighted by Gasteiger charge is -2.08. The Balaban J connectivity index is 1.61. The van der Waals surface area contributed by atoms with Gasteiger partial charge in [-0.1, -0.05) is 18.2 Å². The Kier molecular flexibility index (Phi) is 4.71. The van der Waals surface area contributed by atoms with E-state index in [0.29, 0.717) is 23.6 Å². The molecular weight excluding hydrogens is 337 g/mol. The van der Waals surface area contributed by atoms with Crippen molar-refractivity contribution in [3.8, 4) is 0 Å². The smallest absolute Gasteiger partial charge is 0.306 e. The van der Waals surface area contributed by atoms with E-state index >= 15 is 0 Å². The predicted molar refractivity (Wildman–Crippen MR) is 89.3 cm³/mol. The second-order valence-electron chi connectivity index (χ2n) is 5.33. The summed E-state index contributed by atoms with van der Waals surface area (Å²) in [6.07, 6.45) is -3.64. The zero-order valence-corrected chi connectivity index (χ0v) is 13.5. The van der Waals surface area contributed by atoms with E-state index in [1.54, 1.807) is 10.6 Å². The SMILES string of the molecule is O=c1[nH]c2ccccc2n1CCCSc1cccc(C(F)(F)F)c1. The molecule has 1 heterocycles. The van der Waals surface area contributed by atoms with Gasteiger partial charge in [0, 0.05) is 11.4 Å². The summed E-state index contributed by atoms with van der Waals surface area (Å²) >= 11 is 1.36. The molecule has 2 aromatic carbocycles. The number of benzene rings is 2. The molecule has 3 aromatic rings. The highest BCUT2D eigenvalue weighted by Gasteiger charge is 2.30. The van der Waals surface area contributed by atoms with Crippen LogP contribution in [0, 0.1) is 0 Å². The second kappa shape index (κ2) is 6.76. The van der Waals surface area contributed by atoms with Gasteiger partial charge in [-0.15, -0.1) is 11.8 Å². The number of fused-ring (bicyclic) bond motifs is 1. The molecule has 126 valence electrons. The summed E-state index contributed by atoms with van der Waals surface area (Å²) in [4.78, 5) is 15.3. The maximum Gasteiger partial charge on any atom is 0.416 e. The van der Waals surface area contributed by atoms with Gasteiger partial charge in [-0.05, 0) is 42.5 Å². The number of hydrogen-bond donors (Lipinski definition) is 1. The van der Waals surface area contributed by atoms with Crippen molar-refractivity contribution in [1.82, 2.24) is 9.55 Å². The molecule has 0 saturated carbocycles. The number of aromatic amines is 1. The number of nitrogens with zero attached hydrogens (tertiary/aromatic N) is 1. The largest absolute Gasteiger partial charge is 0.416 e. The molecule has 0 aliphatic rings. The topological polar surface area (TPSA) is 37.8 Å². The lowest BCUT2D eigenvalue weighted by molar-refractivity contribution is -0.137. The van der Waals surface area contributed by atoms with Gasteiger partial charge in [0.2, 0.25) is 0 Å². The number of imidazole rings is 1. The Morgan fingerprint density at radius 2 is 1.88 bits per heavy atom. The Hall–Kier alpha value is -2.15. The number of H-pyrrole nitrogens is 1. The van der Waals surface area contributed by atoms with Crippen molar-refractivity contribution in [1.29, 1.82) is 0 Å². The van der Waals surface area contributed by atoms with Gasteiger partial charge in [0.1, 0.15) is 0 Å². The Morgan fingerprint density at radius 3 is 2.67 bits per heavy atom. The average Bonchev–Trinajstić information content (AvgIpc) is 2.87. The molecule has 24 heavy (non-hydrogen) atoms. The fourth-order valence-electron chi connectivity index (χ4n) is 2.50. The zero-order chi connectivity index (χ0) is 17.2. The van der Waals surface area contributed by atoms with E-state index in [-0.39, 0.29) is 5.69 Å². The van der Waals surface area contributed by atoms with Gasteiger partial charge in [0.15, 0.2) is 0 Å². The summed E-state index contributed by atoms with van der Waals surface area (Å²) in [6, 6.07) is 12.7. The summed E-state index contributed by atoms with van der Waals surface area (Å²) in [5.74, 6) is 0.632. The molecule has 0 bridgehead atoms. The van der Waals surface area contributed by atoms with Crippen LogP contribution < -0.4 is 5.69 Å². The van der Waals surface area contributed by atoms with E-state index in [4.69, 9.17) is 0 Å². The highest BCUT2D eigenvalue weighted by molar-refractivity contribution is 7.99. The minimum Gasteiger partial charge on any atom is -0.306 e. The van der Waals surface area contributed by atoms with E-state index in [2.05, 4.69) is 4.98 Å². The van der Waals surface area contributed by atoms with Crippen molar-refractivity contribution in [3.05, 3.63) is 64.6 Å². The summed E-state index contributed by atoms with van der Waals surface area (Å²) < 4.78 is 39.7. The van der Waals surface area contributed by atoms with Crippen LogP contribution in [0.2, 0.25) is 0 Å². The Morgan fingerprint density at radius 1 is 1.08 bits per heavy atom. The first-order valence-electron chi connectivity index (χ1n) is 7.43. The predicted octanol–water partition coefficient (Wildman–Crippen LogP) is 4.53. The third-order valence-corrected chi connectivity index (χ3v) is 4.72. The third kappa shape index (κ3) is 3.67. The van der Waals surface area contributed by atoms with Gasteiger partial charge < -0.3 is 4.98 Å². The van der Waals surface area contributed by atoms with E-state index in [0.717, 1.165) is 23.2 Å². The van der Waals surface area contributed by atoms with Crippen LogP contribution in [-0.4, -0.2) is 15.3 Å². The average molecular weight is 352 g/mol. The fraction of sp³-hybridized carbons (Fsp3) is 0.235. The fourth-order valence-corrected chi connectivity index (χ4v) is 3.40. The number of para-hydroxylation sites is 2. The molecule has 0 saturated heterocycles. The van der Waals surface area contributed by atoms with Crippen LogP contribution in [0.4, 0.5) is 13.2 Å². The first kappa shape index (κ1) is 16.7. The van der Waals surface area contributed by atoms with Crippen molar-refractivity contribution >= 4 is 22.8 Å². The Labute approximate surface area is 140 Å². The summed E-state index contributed by atoms with van der Waals surface area (Å²) in [7, 11) is 0. The van der Waals surface area contributed by atoms with E-state index in [1.807, 2.05) is 24.3 Å². The number of hydrogen-bond acceptors (Lipinski definition) is 2. The second-order valence-corrected chi connectivity index (χ2v) is 6.49. The van der Waals surface area contributed by atoms with Crippen LogP contribution in [0.25, 0.3) is 11.0 Å². The monoisotopic (exact) mass is 352 g/mol. The van der Waals surface area contributed by atoms with Gasteiger partial charge in [0.05, 0.1) is 16.6 Å². The molecule has 0 aliphatic carbocycles. The zero-order valence-electron chi connectivity index (χ0n) is 12.6. The number of rotatable bonds is 5. The molecule has 0 aliphatic heterocycles. The van der Waals surface area contributed by atoms with Crippen LogP contribution in [-0.2, 0) is 12.7 Å². The Bertz CT molecular complexity index is 898. The number of alkyl halides is 3. The van der Waals surface area contributed by atoms with E-state index in [1.165, 1.54) is 17.8 Å². The van der Waals surface area contributed by atoms with Gasteiger partial charge >= 0.3 is 11.9 Å². The van der Waals surface area contributed by atoms with Crippen LogP contribution in [0.15, 0.2) is 58.2 Å². The van der Waals surface area contributed by atoms with Gasteiger partial charge in [0.25, 0.3) is 0 Å². The van der Waals surface area contributed by atoms with Crippen molar-refractivity contribution in [3.63, 3.8) is 0 Å². The lowest BCUT2D eigenvalue weighted by atomic mass is 10.2. The molecule has 0 fully saturated rings. The van der Waals surface area contributed by atoms with E-state index in [9.17, 15) is 18.0 Å². The normalized spacial score (nSPS) is 12.0. The lowest BCUT2D eigenvalue weighted by Crippen LogP contribution is -2.17. The molecule has 7 heteroatoms. The summed E-state index contributed by atoms with van der Waals surface area (Å²) in [5, 5.41) is 0. The van der Waals surface area contributed by atoms with Gasteiger partial charge in [-0.25, -0.2) is 4.79 Å². The summed E-state index contributed by atoms with van der Waals surface area (Å²) in [6.45, 7) is 0.523. The van der Waals surface area contributed by atoms with Crippen molar-refractivity contribution < 1.29 is 13.2 Å². The highest BCUT2D eigenvalue weighted by Crippen LogP contribution is 2.32. The maximum atomic E-state index is 12.7. The van der Waals surface area contributed by atoms with Crippen LogP contribution in [0.1, 0.15) is 12.0 Å². The minimum absolute atomic E-state index is 0.166. The van der Waals surface area contributed by atoms with Crippen molar-refractivity contribution in [2.75, 3.05) is 5.75 Å². The summed E-state index contributed by atoms with van der Waals surface area (Å²) in [5.41, 5.74) is 0.820. The standard InChI is InChI=1S/C17H15F3N2OS/c18-17(19,20)12-5-3-6-13(11-12)24-10-4-9-22-15-8-2-1-7-14(15)21-16(22)23/h1-3,5-8,11H,4,9-10H2,(H,21,23). The number of halogens is 3. The first-order valence-corrected chi connectivity index (χ1v) is 8.41. The molecule has 0 spiro atoms. The number of aryl methyl sites for hydroxylation is 1. The molecule has 0 atom stereocenters. The number of thioether (sulfide) groups is 1. The van der Waals surface area contributed by atoms with Crippen LogP contribution in [0.3, 0.4) is 0 Å². The molecule has 1 N–H and O–H groups in total. The van der Waals surface area contributed by atoms with Crippen LogP contribution in [0.5, 0.6) is 0 Å². The maximum absolute atomic E-state index is 12.7. The minimum atomic E-state index is -4.33. The molecule has 0 amide bonds. The third-order valence-electron chi connectivity index (χ3n) is 3.64. The van der Waals surface area contributed by atoms with Crippen LogP contribution >= 0.6 is 11.8 Å². The van der Waals surface area contributed by atoms with Gasteiger partial charge in [-0.2, -0.15) is 13.2 Å². The molecule has 0 unspecified atom stereocenters. The van der Waals surface area contributed by atoms with E-state index < -0.39 is 11.7 Å². The van der Waals surface area contributed by atoms with Gasteiger partial charge in [-0.3, -0.25) is 4.57 Å². The highest BCUT2D eigenvalue weighted by atomic mass is 32.2. The first-order chi connectivity index (χ1) is 11.4. The molecule has 3 rings (SSSR count). The molecule has 0 radical (unpaired) electrons. The molecule has 1 aromatic heterocycles. The number of nitrogens with one attached hydrogen (secondary N) is 1. The quantitative estimate of drug-likeness (QED) is 0.541. The number of aromatic nitrogens is 2. The molecule has 3 nitrogen and oxygen atoms in total. The van der Waals surface area contributed by atoms with Crippen molar-refractivity contribution in [2.45, 2.75) is 24.0 Å². The molecular formula is C17H15F3N2OS.